The minimum atomic E-state index is -0.495. The van der Waals surface area contributed by atoms with Gasteiger partial charge in [-0.15, -0.1) is 0 Å². The summed E-state index contributed by atoms with van der Waals surface area (Å²) in [5.74, 6) is -0.495. The first-order chi connectivity index (χ1) is 5.41. The maximum atomic E-state index is 13.1. The molecule has 0 aliphatic carbocycles. The minimum Gasteiger partial charge on any atom is -0.239 e. The Kier molecular flexibility index (Phi) is 2.46. The Labute approximate surface area is 79.4 Å². The van der Waals surface area contributed by atoms with Crippen LogP contribution in [-0.4, -0.2) is 9.97 Å². The first-order valence-corrected chi connectivity index (χ1v) is 4.39. The van der Waals surface area contributed by atoms with E-state index in [1.165, 1.54) is 6.20 Å². The molecule has 0 radical (unpaired) electrons. The topological polar surface area (TPSA) is 25.8 Å². The molecule has 0 aliphatic heterocycles. The fraction of sp³-hybridized carbons (Fsp3) is 0.500. The normalized spacial score (nSPS) is 11.8. The number of nitrogens with zero attached hydrogens (tertiary/aromatic N) is 2. The van der Waals surface area contributed by atoms with E-state index in [4.69, 9.17) is 0 Å². The van der Waals surface area contributed by atoms with Crippen LogP contribution in [0.5, 0.6) is 0 Å². The van der Waals surface area contributed by atoms with Crippen molar-refractivity contribution < 1.29 is 4.39 Å². The summed E-state index contributed by atoms with van der Waals surface area (Å²) in [6.45, 7) is 5.69. The number of rotatable bonds is 0. The zero-order chi connectivity index (χ0) is 9.35. The maximum absolute atomic E-state index is 13.1. The van der Waals surface area contributed by atoms with Crippen LogP contribution >= 0.6 is 15.9 Å². The molecule has 4 heteroatoms. The van der Waals surface area contributed by atoms with Gasteiger partial charge in [0, 0.05) is 5.41 Å². The second-order valence-electron chi connectivity index (χ2n) is 3.58. The third-order valence-electron chi connectivity index (χ3n) is 1.41. The molecule has 0 saturated carbocycles. The van der Waals surface area contributed by atoms with Crippen molar-refractivity contribution in [2.24, 2.45) is 0 Å². The molecule has 0 spiro atoms. The van der Waals surface area contributed by atoms with Crippen molar-refractivity contribution in [2.75, 3.05) is 0 Å². The highest BCUT2D eigenvalue weighted by molar-refractivity contribution is 9.10. The Morgan fingerprint density at radius 1 is 1.42 bits per heavy atom. The standard InChI is InChI=1S/C8H10BrFN2/c1-8(2,3)6-7(10)11-4-5(9)12-6/h4H,1-3H3. The van der Waals surface area contributed by atoms with Crippen LogP contribution < -0.4 is 0 Å². The first kappa shape index (κ1) is 9.58. The molecule has 12 heavy (non-hydrogen) atoms. The van der Waals surface area contributed by atoms with Gasteiger partial charge in [-0.3, -0.25) is 0 Å². The molecule has 0 aliphatic rings. The molecule has 1 aromatic rings. The van der Waals surface area contributed by atoms with Crippen molar-refractivity contribution in [2.45, 2.75) is 26.2 Å². The van der Waals surface area contributed by atoms with Crippen molar-refractivity contribution in [1.82, 2.24) is 9.97 Å². The number of aromatic nitrogens is 2. The Balaban J connectivity index is 3.23. The van der Waals surface area contributed by atoms with Crippen LogP contribution in [0.1, 0.15) is 26.5 Å². The molecule has 0 bridgehead atoms. The van der Waals surface area contributed by atoms with Gasteiger partial charge in [0.2, 0.25) is 5.95 Å². The second kappa shape index (κ2) is 3.09. The molecule has 2 nitrogen and oxygen atoms in total. The van der Waals surface area contributed by atoms with E-state index in [-0.39, 0.29) is 5.41 Å². The van der Waals surface area contributed by atoms with Gasteiger partial charge in [-0.2, -0.15) is 4.39 Å². The molecule has 0 saturated heterocycles. The summed E-state index contributed by atoms with van der Waals surface area (Å²) in [7, 11) is 0. The van der Waals surface area contributed by atoms with E-state index in [0.29, 0.717) is 10.3 Å². The predicted octanol–water partition coefficient (Wildman–Crippen LogP) is 2.68. The lowest BCUT2D eigenvalue weighted by Crippen LogP contribution is -2.17. The van der Waals surface area contributed by atoms with Crippen LogP contribution in [0.15, 0.2) is 10.8 Å². The van der Waals surface area contributed by atoms with Crippen molar-refractivity contribution in [3.05, 3.63) is 22.4 Å². The van der Waals surface area contributed by atoms with E-state index in [0.717, 1.165) is 0 Å². The van der Waals surface area contributed by atoms with Crippen molar-refractivity contribution in [1.29, 1.82) is 0 Å². The van der Waals surface area contributed by atoms with E-state index in [9.17, 15) is 4.39 Å². The smallest absolute Gasteiger partial charge is 0.235 e. The number of hydrogen-bond donors (Lipinski definition) is 0. The van der Waals surface area contributed by atoms with Gasteiger partial charge < -0.3 is 0 Å². The Morgan fingerprint density at radius 2 is 2.00 bits per heavy atom. The monoisotopic (exact) mass is 232 g/mol. The molecule has 1 rings (SSSR count). The quantitative estimate of drug-likeness (QED) is 0.688. The fourth-order valence-corrected chi connectivity index (χ4v) is 1.11. The zero-order valence-electron chi connectivity index (χ0n) is 7.23. The molecular formula is C8H10BrFN2. The van der Waals surface area contributed by atoms with E-state index >= 15 is 0 Å². The van der Waals surface area contributed by atoms with Gasteiger partial charge in [-0.1, -0.05) is 20.8 Å². The molecule has 0 unspecified atom stereocenters. The Hall–Kier alpha value is -0.510. The lowest BCUT2D eigenvalue weighted by atomic mass is 9.92. The Bertz CT molecular complexity index is 294. The Morgan fingerprint density at radius 3 is 2.42 bits per heavy atom. The van der Waals surface area contributed by atoms with Crippen LogP contribution in [0.3, 0.4) is 0 Å². The maximum Gasteiger partial charge on any atom is 0.235 e. The number of halogens is 2. The first-order valence-electron chi connectivity index (χ1n) is 3.60. The van der Waals surface area contributed by atoms with Crippen molar-refractivity contribution >= 4 is 15.9 Å². The molecule has 0 aromatic carbocycles. The number of hydrogen-bond acceptors (Lipinski definition) is 2. The highest BCUT2D eigenvalue weighted by atomic mass is 79.9. The van der Waals surface area contributed by atoms with Gasteiger partial charge >= 0.3 is 0 Å². The van der Waals surface area contributed by atoms with E-state index in [1.54, 1.807) is 0 Å². The molecule has 0 N–H and O–H groups in total. The SMILES string of the molecule is CC(C)(C)c1nc(Br)cnc1F. The van der Waals surface area contributed by atoms with Crippen LogP contribution in [-0.2, 0) is 5.41 Å². The van der Waals surface area contributed by atoms with Crippen molar-refractivity contribution in [3.63, 3.8) is 0 Å². The van der Waals surface area contributed by atoms with E-state index < -0.39 is 5.95 Å². The molecular weight excluding hydrogens is 223 g/mol. The van der Waals surface area contributed by atoms with Crippen LogP contribution in [0.25, 0.3) is 0 Å². The summed E-state index contributed by atoms with van der Waals surface area (Å²) >= 11 is 3.15. The summed E-state index contributed by atoms with van der Waals surface area (Å²) in [6.07, 6.45) is 1.35. The lowest BCUT2D eigenvalue weighted by Gasteiger charge is -2.17. The van der Waals surface area contributed by atoms with Crippen LogP contribution in [0.4, 0.5) is 4.39 Å². The van der Waals surface area contributed by atoms with E-state index in [1.807, 2.05) is 20.8 Å². The molecule has 66 valence electrons. The second-order valence-corrected chi connectivity index (χ2v) is 4.39. The molecule has 0 atom stereocenters. The molecule has 1 aromatic heterocycles. The van der Waals surface area contributed by atoms with Gasteiger partial charge in [0.15, 0.2) is 0 Å². The summed E-state index contributed by atoms with van der Waals surface area (Å²) < 4.78 is 13.6. The minimum absolute atomic E-state index is 0.305. The van der Waals surface area contributed by atoms with Gasteiger partial charge in [0.1, 0.15) is 10.3 Å². The summed E-state index contributed by atoms with van der Waals surface area (Å²) in [4.78, 5) is 7.59. The van der Waals surface area contributed by atoms with Gasteiger partial charge in [-0.25, -0.2) is 9.97 Å². The average Bonchev–Trinajstić information content (AvgIpc) is 1.92. The lowest BCUT2D eigenvalue weighted by molar-refractivity contribution is 0.478. The fourth-order valence-electron chi connectivity index (χ4n) is 0.830. The highest BCUT2D eigenvalue weighted by Gasteiger charge is 2.21. The summed E-state index contributed by atoms with van der Waals surface area (Å²) in [5, 5.41) is 0. The zero-order valence-corrected chi connectivity index (χ0v) is 8.81. The molecule has 1 heterocycles. The third kappa shape index (κ3) is 2.00. The van der Waals surface area contributed by atoms with Gasteiger partial charge in [0.25, 0.3) is 0 Å². The van der Waals surface area contributed by atoms with Crippen molar-refractivity contribution in [3.8, 4) is 0 Å². The summed E-state index contributed by atoms with van der Waals surface area (Å²) in [6, 6.07) is 0. The average molecular weight is 233 g/mol. The van der Waals surface area contributed by atoms with E-state index in [2.05, 4.69) is 25.9 Å². The highest BCUT2D eigenvalue weighted by Crippen LogP contribution is 2.22. The largest absolute Gasteiger partial charge is 0.239 e. The predicted molar refractivity (Wildman–Crippen MR) is 48.4 cm³/mol. The van der Waals surface area contributed by atoms with Crippen LogP contribution in [0, 0.1) is 5.95 Å². The van der Waals surface area contributed by atoms with Gasteiger partial charge in [-0.05, 0) is 15.9 Å². The molecule has 0 fully saturated rings. The molecule has 0 amide bonds. The van der Waals surface area contributed by atoms with Crippen LogP contribution in [0.2, 0.25) is 0 Å². The van der Waals surface area contributed by atoms with Gasteiger partial charge in [0.05, 0.1) is 6.20 Å². The third-order valence-corrected chi connectivity index (χ3v) is 1.79. The summed E-state index contributed by atoms with van der Waals surface area (Å²) in [5.41, 5.74) is 0.0813.